The molecule has 4 rings (SSSR count). The van der Waals surface area contributed by atoms with Crippen LogP contribution in [0, 0.1) is 5.92 Å². The molecule has 1 aliphatic rings. The van der Waals surface area contributed by atoms with Crippen molar-refractivity contribution in [1.29, 1.82) is 0 Å². The lowest BCUT2D eigenvalue weighted by atomic mass is 9.80. The maximum absolute atomic E-state index is 11.1. The Morgan fingerprint density at radius 2 is 1.32 bits per heavy atom. The first kappa shape index (κ1) is 13.8. The van der Waals surface area contributed by atoms with Crippen LogP contribution in [0.3, 0.4) is 0 Å². The van der Waals surface area contributed by atoms with E-state index in [1.165, 1.54) is 40.8 Å². The number of fused-ring (bicyclic) bond motifs is 2. The minimum absolute atomic E-state index is 0.351. The third kappa shape index (κ3) is 2.30. The second kappa shape index (κ2) is 5.73. The number of aliphatic hydroxyl groups is 1. The smallest absolute Gasteiger partial charge is 0.0830 e. The fourth-order valence-electron chi connectivity index (χ4n) is 4.05. The van der Waals surface area contributed by atoms with E-state index in [4.69, 9.17) is 0 Å². The first-order valence-corrected chi connectivity index (χ1v) is 8.43. The van der Waals surface area contributed by atoms with Gasteiger partial charge in [-0.2, -0.15) is 0 Å². The van der Waals surface area contributed by atoms with Gasteiger partial charge in [0.1, 0.15) is 0 Å². The zero-order valence-electron chi connectivity index (χ0n) is 12.8. The van der Waals surface area contributed by atoms with Gasteiger partial charge in [0, 0.05) is 0 Å². The summed E-state index contributed by atoms with van der Waals surface area (Å²) >= 11 is 0. The minimum atomic E-state index is -0.351. The van der Waals surface area contributed by atoms with E-state index in [2.05, 4.69) is 54.6 Å². The highest BCUT2D eigenvalue weighted by molar-refractivity contribution is 6.02. The van der Waals surface area contributed by atoms with Crippen molar-refractivity contribution in [2.75, 3.05) is 0 Å². The molecule has 0 bridgehead atoms. The predicted molar refractivity (Wildman–Crippen MR) is 93.0 cm³/mol. The zero-order chi connectivity index (χ0) is 14.9. The predicted octanol–water partition coefficient (Wildman–Crippen LogP) is 5.61. The molecule has 0 spiro atoms. The molecule has 3 aromatic rings. The minimum Gasteiger partial charge on any atom is -0.388 e. The Hall–Kier alpha value is -1.86. The monoisotopic (exact) mass is 290 g/mol. The van der Waals surface area contributed by atoms with Gasteiger partial charge in [0.2, 0.25) is 0 Å². The Balaban J connectivity index is 1.95. The van der Waals surface area contributed by atoms with Crippen molar-refractivity contribution >= 4 is 21.5 Å². The van der Waals surface area contributed by atoms with E-state index in [1.54, 1.807) is 0 Å². The normalized spacial score (nSPS) is 17.9. The molecule has 0 aromatic heterocycles. The van der Waals surface area contributed by atoms with Crippen LogP contribution in [0.15, 0.2) is 54.6 Å². The van der Waals surface area contributed by atoms with Crippen LogP contribution in [-0.2, 0) is 0 Å². The van der Waals surface area contributed by atoms with Gasteiger partial charge in [-0.25, -0.2) is 0 Å². The number of hydrogen-bond acceptors (Lipinski definition) is 1. The zero-order valence-corrected chi connectivity index (χ0v) is 12.8. The fourth-order valence-corrected chi connectivity index (χ4v) is 4.05. The molecule has 22 heavy (non-hydrogen) atoms. The Kier molecular flexibility index (Phi) is 3.59. The van der Waals surface area contributed by atoms with E-state index in [0.717, 1.165) is 18.4 Å². The van der Waals surface area contributed by atoms with Crippen LogP contribution >= 0.6 is 0 Å². The van der Waals surface area contributed by atoms with E-state index >= 15 is 0 Å². The van der Waals surface area contributed by atoms with Crippen LogP contribution in [0.2, 0.25) is 0 Å². The van der Waals surface area contributed by atoms with E-state index in [0.29, 0.717) is 5.92 Å². The topological polar surface area (TPSA) is 20.2 Å². The fraction of sp³-hybridized carbons (Fsp3) is 0.333. The van der Waals surface area contributed by atoms with Crippen molar-refractivity contribution in [3.63, 3.8) is 0 Å². The molecule has 1 fully saturated rings. The second-order valence-corrected chi connectivity index (χ2v) is 6.58. The molecular formula is C21H22O. The summed E-state index contributed by atoms with van der Waals surface area (Å²) in [4.78, 5) is 0. The highest BCUT2D eigenvalue weighted by atomic mass is 16.3. The molecule has 112 valence electrons. The molecule has 0 radical (unpaired) electrons. The SMILES string of the molecule is OC(c1c2ccccc2cc2ccccc12)C1CCCCC1. The van der Waals surface area contributed by atoms with Gasteiger partial charge in [-0.05, 0) is 51.9 Å². The summed E-state index contributed by atoms with van der Waals surface area (Å²) in [7, 11) is 0. The molecular weight excluding hydrogens is 268 g/mol. The molecule has 1 N–H and O–H groups in total. The number of aliphatic hydroxyl groups excluding tert-OH is 1. The summed E-state index contributed by atoms with van der Waals surface area (Å²) in [5.41, 5.74) is 1.14. The standard InChI is InChI=1S/C21H22O/c22-21(15-8-2-1-3-9-15)20-18-12-6-4-10-16(18)14-17-11-5-7-13-19(17)20/h4-7,10-15,21-22H,1-3,8-9H2. The molecule has 3 aromatic carbocycles. The molecule has 1 heteroatoms. The average Bonchev–Trinajstić information content (AvgIpc) is 2.60. The molecule has 1 aliphatic carbocycles. The Labute approximate surface area is 131 Å². The molecule has 1 atom stereocenters. The second-order valence-electron chi connectivity index (χ2n) is 6.58. The van der Waals surface area contributed by atoms with Gasteiger partial charge >= 0.3 is 0 Å². The van der Waals surface area contributed by atoms with Crippen molar-refractivity contribution in [3.8, 4) is 0 Å². The molecule has 0 heterocycles. The third-order valence-electron chi connectivity index (χ3n) is 5.21. The molecule has 0 aliphatic heterocycles. The first-order chi connectivity index (χ1) is 10.8. The Morgan fingerprint density at radius 1 is 0.773 bits per heavy atom. The quantitative estimate of drug-likeness (QED) is 0.608. The van der Waals surface area contributed by atoms with Crippen LogP contribution in [0.1, 0.15) is 43.8 Å². The maximum Gasteiger partial charge on any atom is 0.0830 e. The first-order valence-electron chi connectivity index (χ1n) is 8.43. The van der Waals surface area contributed by atoms with E-state index in [9.17, 15) is 5.11 Å². The highest BCUT2D eigenvalue weighted by Gasteiger charge is 2.25. The molecule has 1 nitrogen and oxygen atoms in total. The van der Waals surface area contributed by atoms with Gasteiger partial charge < -0.3 is 5.11 Å². The number of hydrogen-bond donors (Lipinski definition) is 1. The van der Waals surface area contributed by atoms with Crippen LogP contribution in [0.25, 0.3) is 21.5 Å². The summed E-state index contributed by atoms with van der Waals surface area (Å²) in [6, 6.07) is 19.2. The molecule has 0 saturated heterocycles. The van der Waals surface area contributed by atoms with Crippen LogP contribution < -0.4 is 0 Å². The molecule has 1 saturated carbocycles. The van der Waals surface area contributed by atoms with Crippen molar-refractivity contribution in [2.45, 2.75) is 38.2 Å². The summed E-state index contributed by atoms with van der Waals surface area (Å²) in [6.07, 6.45) is 5.78. The van der Waals surface area contributed by atoms with Crippen LogP contribution in [0.5, 0.6) is 0 Å². The van der Waals surface area contributed by atoms with Crippen LogP contribution in [-0.4, -0.2) is 5.11 Å². The van der Waals surface area contributed by atoms with Gasteiger partial charge in [0.15, 0.2) is 0 Å². The average molecular weight is 290 g/mol. The van der Waals surface area contributed by atoms with Gasteiger partial charge in [-0.3, -0.25) is 0 Å². The maximum atomic E-state index is 11.1. The van der Waals surface area contributed by atoms with E-state index in [-0.39, 0.29) is 6.10 Å². The van der Waals surface area contributed by atoms with E-state index < -0.39 is 0 Å². The Morgan fingerprint density at radius 3 is 1.91 bits per heavy atom. The number of benzene rings is 3. The summed E-state index contributed by atoms with van der Waals surface area (Å²) in [5, 5.41) is 16.0. The summed E-state index contributed by atoms with van der Waals surface area (Å²) in [5.74, 6) is 0.406. The lowest BCUT2D eigenvalue weighted by Crippen LogP contribution is -2.16. The third-order valence-corrected chi connectivity index (χ3v) is 5.21. The van der Waals surface area contributed by atoms with Gasteiger partial charge in [0.25, 0.3) is 0 Å². The lowest BCUT2D eigenvalue weighted by molar-refractivity contribution is 0.0873. The van der Waals surface area contributed by atoms with Crippen molar-refractivity contribution in [1.82, 2.24) is 0 Å². The summed E-state index contributed by atoms with van der Waals surface area (Å²) in [6.45, 7) is 0. The largest absolute Gasteiger partial charge is 0.388 e. The van der Waals surface area contributed by atoms with Crippen molar-refractivity contribution in [2.24, 2.45) is 5.92 Å². The summed E-state index contributed by atoms with van der Waals surface area (Å²) < 4.78 is 0. The molecule has 0 amide bonds. The van der Waals surface area contributed by atoms with Crippen LogP contribution in [0.4, 0.5) is 0 Å². The van der Waals surface area contributed by atoms with Gasteiger partial charge in [-0.1, -0.05) is 67.8 Å². The van der Waals surface area contributed by atoms with Gasteiger partial charge in [0.05, 0.1) is 6.10 Å². The van der Waals surface area contributed by atoms with Gasteiger partial charge in [-0.15, -0.1) is 0 Å². The lowest BCUT2D eigenvalue weighted by Gasteiger charge is -2.28. The van der Waals surface area contributed by atoms with Crippen molar-refractivity contribution < 1.29 is 5.11 Å². The van der Waals surface area contributed by atoms with E-state index in [1.807, 2.05) is 0 Å². The highest BCUT2D eigenvalue weighted by Crippen LogP contribution is 2.40. The number of rotatable bonds is 2. The Bertz CT molecular complexity index is 745. The molecule has 1 unspecified atom stereocenters. The van der Waals surface area contributed by atoms with Crippen molar-refractivity contribution in [3.05, 3.63) is 60.2 Å².